The van der Waals surface area contributed by atoms with Crippen LogP contribution in [0.5, 0.6) is 0 Å². The average molecular weight is 342 g/mol. The van der Waals surface area contributed by atoms with Crippen LogP contribution >= 0.6 is 12.2 Å². The number of thiocarbonyl (C=S) groups is 1. The lowest BCUT2D eigenvalue weighted by Gasteiger charge is -2.33. The highest BCUT2D eigenvalue weighted by Gasteiger charge is 2.26. The number of piperidine rings is 1. The molecule has 1 aromatic heterocycles. The molecule has 126 valence electrons. The Kier molecular flexibility index (Phi) is 5.30. The number of hydrogen-bond acceptors (Lipinski definition) is 3. The van der Waals surface area contributed by atoms with Crippen LogP contribution in [-0.2, 0) is 6.54 Å². The van der Waals surface area contributed by atoms with E-state index in [1.54, 1.807) is 6.26 Å². The van der Waals surface area contributed by atoms with Crippen LogP contribution in [0.2, 0.25) is 0 Å². The van der Waals surface area contributed by atoms with E-state index in [1.165, 1.54) is 5.56 Å². The molecule has 2 aromatic rings. The lowest BCUT2D eigenvalue weighted by molar-refractivity contribution is 0.0872. The first-order chi connectivity index (χ1) is 11.6. The molecule has 1 N–H and O–H groups in total. The standard InChI is InChI=1S/C19H22N2O2S/c1-14-4-6-15(7-5-14)18(22)16-8-10-21(11-9-16)19(24)20-13-17-3-2-12-23-17/h2-7,12,16H,8-11,13H2,1H3,(H,20,24). The highest BCUT2D eigenvalue weighted by atomic mass is 32.1. The molecule has 0 atom stereocenters. The van der Waals surface area contributed by atoms with Gasteiger partial charge >= 0.3 is 0 Å². The second-order valence-corrected chi connectivity index (χ2v) is 6.62. The fourth-order valence-corrected chi connectivity index (χ4v) is 3.24. The van der Waals surface area contributed by atoms with Gasteiger partial charge in [0.2, 0.25) is 0 Å². The Balaban J connectivity index is 1.49. The number of rotatable bonds is 4. The number of likely N-dealkylation sites (tertiary alicyclic amines) is 1. The molecule has 0 amide bonds. The SMILES string of the molecule is Cc1ccc(C(=O)C2CCN(C(=S)NCc3ccco3)CC2)cc1. The highest BCUT2D eigenvalue weighted by molar-refractivity contribution is 7.80. The van der Waals surface area contributed by atoms with E-state index in [1.807, 2.05) is 43.3 Å². The van der Waals surface area contributed by atoms with Crippen LogP contribution in [0.15, 0.2) is 47.1 Å². The number of nitrogens with zero attached hydrogens (tertiary/aromatic N) is 1. The van der Waals surface area contributed by atoms with Crippen molar-refractivity contribution in [3.05, 3.63) is 59.5 Å². The molecule has 4 nitrogen and oxygen atoms in total. The van der Waals surface area contributed by atoms with Crippen LogP contribution in [0.3, 0.4) is 0 Å². The molecule has 0 aliphatic carbocycles. The third-order valence-electron chi connectivity index (χ3n) is 4.48. The maximum Gasteiger partial charge on any atom is 0.169 e. The Morgan fingerprint density at radius 3 is 2.58 bits per heavy atom. The number of carbonyl (C=O) groups is 1. The zero-order chi connectivity index (χ0) is 16.9. The van der Waals surface area contributed by atoms with E-state index in [-0.39, 0.29) is 11.7 Å². The Hall–Kier alpha value is -2.14. The number of aryl methyl sites for hydroxylation is 1. The zero-order valence-electron chi connectivity index (χ0n) is 13.8. The van der Waals surface area contributed by atoms with Gasteiger partial charge in [-0.3, -0.25) is 4.79 Å². The van der Waals surface area contributed by atoms with Gasteiger partial charge in [0.15, 0.2) is 10.9 Å². The van der Waals surface area contributed by atoms with E-state index in [0.717, 1.165) is 42.4 Å². The van der Waals surface area contributed by atoms with Gasteiger partial charge in [0.25, 0.3) is 0 Å². The van der Waals surface area contributed by atoms with Crippen LogP contribution < -0.4 is 5.32 Å². The zero-order valence-corrected chi connectivity index (χ0v) is 14.6. The molecule has 3 rings (SSSR count). The Bertz CT molecular complexity index is 687. The van der Waals surface area contributed by atoms with Crippen molar-refractivity contribution in [1.82, 2.24) is 10.2 Å². The molecular weight excluding hydrogens is 320 g/mol. The van der Waals surface area contributed by atoms with Crippen LogP contribution in [0.4, 0.5) is 0 Å². The van der Waals surface area contributed by atoms with E-state index >= 15 is 0 Å². The van der Waals surface area contributed by atoms with Crippen LogP contribution in [0.1, 0.15) is 34.5 Å². The molecule has 5 heteroatoms. The van der Waals surface area contributed by atoms with Crippen molar-refractivity contribution >= 4 is 23.1 Å². The molecule has 1 aliphatic rings. The van der Waals surface area contributed by atoms with E-state index in [0.29, 0.717) is 6.54 Å². The fraction of sp³-hybridized carbons (Fsp3) is 0.368. The summed E-state index contributed by atoms with van der Waals surface area (Å²) in [5.74, 6) is 1.21. The van der Waals surface area contributed by atoms with Crippen molar-refractivity contribution in [2.45, 2.75) is 26.3 Å². The molecule has 0 bridgehead atoms. The summed E-state index contributed by atoms with van der Waals surface area (Å²) in [6.07, 6.45) is 3.34. The number of furan rings is 1. The van der Waals surface area contributed by atoms with E-state index in [4.69, 9.17) is 16.6 Å². The van der Waals surface area contributed by atoms with Gasteiger partial charge in [-0.15, -0.1) is 0 Å². The largest absolute Gasteiger partial charge is 0.467 e. The Morgan fingerprint density at radius 2 is 1.96 bits per heavy atom. The highest BCUT2D eigenvalue weighted by Crippen LogP contribution is 2.22. The van der Waals surface area contributed by atoms with Gasteiger partial charge in [0.05, 0.1) is 12.8 Å². The van der Waals surface area contributed by atoms with Gasteiger partial charge in [-0.1, -0.05) is 29.8 Å². The van der Waals surface area contributed by atoms with Crippen molar-refractivity contribution in [2.24, 2.45) is 5.92 Å². The molecule has 1 aliphatic heterocycles. The molecule has 0 saturated carbocycles. The van der Waals surface area contributed by atoms with Crippen molar-refractivity contribution in [3.8, 4) is 0 Å². The molecule has 0 radical (unpaired) electrons. The lowest BCUT2D eigenvalue weighted by Crippen LogP contribution is -2.45. The average Bonchev–Trinajstić information content (AvgIpc) is 3.13. The summed E-state index contributed by atoms with van der Waals surface area (Å²) in [5, 5.41) is 3.94. The molecule has 24 heavy (non-hydrogen) atoms. The minimum atomic E-state index is 0.0943. The van der Waals surface area contributed by atoms with Crippen molar-refractivity contribution in [1.29, 1.82) is 0 Å². The maximum absolute atomic E-state index is 12.6. The van der Waals surface area contributed by atoms with Gasteiger partial charge in [0.1, 0.15) is 5.76 Å². The van der Waals surface area contributed by atoms with Crippen LogP contribution in [0, 0.1) is 12.8 Å². The van der Waals surface area contributed by atoms with Gasteiger partial charge in [-0.05, 0) is 44.1 Å². The quantitative estimate of drug-likeness (QED) is 0.680. The normalized spacial score (nSPS) is 15.3. The fourth-order valence-electron chi connectivity index (χ4n) is 2.99. The Morgan fingerprint density at radius 1 is 1.25 bits per heavy atom. The first-order valence-electron chi connectivity index (χ1n) is 8.29. The summed E-state index contributed by atoms with van der Waals surface area (Å²) in [6.45, 7) is 4.25. The van der Waals surface area contributed by atoms with Crippen LogP contribution in [0.25, 0.3) is 0 Å². The molecule has 1 aromatic carbocycles. The number of nitrogens with one attached hydrogen (secondary N) is 1. The summed E-state index contributed by atoms with van der Waals surface area (Å²) in [6, 6.07) is 11.6. The van der Waals surface area contributed by atoms with Crippen molar-refractivity contribution in [2.75, 3.05) is 13.1 Å². The van der Waals surface area contributed by atoms with E-state index < -0.39 is 0 Å². The van der Waals surface area contributed by atoms with E-state index in [9.17, 15) is 4.79 Å². The van der Waals surface area contributed by atoms with Crippen molar-refractivity contribution < 1.29 is 9.21 Å². The molecule has 0 unspecified atom stereocenters. The summed E-state index contributed by atoms with van der Waals surface area (Å²) < 4.78 is 5.29. The molecule has 2 heterocycles. The molecular formula is C19H22N2O2S. The molecule has 0 spiro atoms. The van der Waals surface area contributed by atoms with Gasteiger partial charge in [0, 0.05) is 24.6 Å². The minimum Gasteiger partial charge on any atom is -0.467 e. The van der Waals surface area contributed by atoms with Crippen molar-refractivity contribution in [3.63, 3.8) is 0 Å². The monoisotopic (exact) mass is 342 g/mol. The second kappa shape index (κ2) is 7.62. The van der Waals surface area contributed by atoms with Gasteiger partial charge in [-0.2, -0.15) is 0 Å². The van der Waals surface area contributed by atoms with Crippen LogP contribution in [-0.4, -0.2) is 28.9 Å². The predicted molar refractivity (Wildman–Crippen MR) is 98.0 cm³/mol. The third kappa shape index (κ3) is 4.03. The first kappa shape index (κ1) is 16.7. The Labute approximate surface area is 147 Å². The number of ketones is 1. The summed E-state index contributed by atoms with van der Waals surface area (Å²) in [7, 11) is 0. The lowest BCUT2D eigenvalue weighted by atomic mass is 9.89. The predicted octanol–water partition coefficient (Wildman–Crippen LogP) is 3.56. The van der Waals surface area contributed by atoms with Gasteiger partial charge in [-0.25, -0.2) is 0 Å². The second-order valence-electron chi connectivity index (χ2n) is 6.23. The number of carbonyl (C=O) groups excluding carboxylic acids is 1. The molecule has 1 fully saturated rings. The minimum absolute atomic E-state index is 0.0943. The molecule has 1 saturated heterocycles. The topological polar surface area (TPSA) is 45.5 Å². The smallest absolute Gasteiger partial charge is 0.169 e. The third-order valence-corrected chi connectivity index (χ3v) is 4.89. The first-order valence-corrected chi connectivity index (χ1v) is 8.70. The number of hydrogen-bond donors (Lipinski definition) is 1. The van der Waals surface area contributed by atoms with E-state index in [2.05, 4.69) is 10.2 Å². The maximum atomic E-state index is 12.6. The summed E-state index contributed by atoms with van der Waals surface area (Å²) in [4.78, 5) is 14.7. The number of Topliss-reactive ketones (excluding diaryl/α,β-unsaturated/α-hetero) is 1. The summed E-state index contributed by atoms with van der Waals surface area (Å²) in [5.41, 5.74) is 1.99. The number of benzene rings is 1. The van der Waals surface area contributed by atoms with Gasteiger partial charge < -0.3 is 14.6 Å². The summed E-state index contributed by atoms with van der Waals surface area (Å²) >= 11 is 5.45.